The summed E-state index contributed by atoms with van der Waals surface area (Å²) in [6.45, 7) is 5.79. The SMILES string of the molecule is Cc1ccc(CSCCNC(=O)c2ccc(CN3CCc4ccccc4C3)cc2)cc1. The van der Waals surface area contributed by atoms with Crippen molar-refractivity contribution >= 4 is 17.7 Å². The molecule has 0 spiro atoms. The van der Waals surface area contributed by atoms with E-state index < -0.39 is 0 Å². The van der Waals surface area contributed by atoms with Gasteiger partial charge < -0.3 is 5.32 Å². The molecule has 1 N–H and O–H groups in total. The van der Waals surface area contributed by atoms with Crippen LogP contribution in [0.1, 0.15) is 38.2 Å². The predicted molar refractivity (Wildman–Crippen MR) is 130 cm³/mol. The average molecular weight is 431 g/mol. The number of aryl methyl sites for hydroxylation is 1. The summed E-state index contributed by atoms with van der Waals surface area (Å²) in [7, 11) is 0. The van der Waals surface area contributed by atoms with Gasteiger partial charge in [-0.25, -0.2) is 0 Å². The molecule has 31 heavy (non-hydrogen) atoms. The van der Waals surface area contributed by atoms with Gasteiger partial charge in [-0.2, -0.15) is 11.8 Å². The number of fused-ring (bicyclic) bond motifs is 1. The highest BCUT2D eigenvalue weighted by atomic mass is 32.2. The monoisotopic (exact) mass is 430 g/mol. The number of carbonyl (C=O) groups excluding carboxylic acids is 1. The minimum Gasteiger partial charge on any atom is -0.351 e. The van der Waals surface area contributed by atoms with Crippen LogP contribution in [0.15, 0.2) is 72.8 Å². The molecule has 1 amide bonds. The normalized spacial score (nSPS) is 13.6. The fraction of sp³-hybridized carbons (Fsp3) is 0.296. The molecule has 1 aliphatic heterocycles. The van der Waals surface area contributed by atoms with E-state index in [0.29, 0.717) is 6.54 Å². The standard InChI is InChI=1S/C27H30N2OS/c1-21-6-8-23(9-7-21)20-31-17-15-28-27(30)25-12-10-22(11-13-25)18-29-16-14-24-4-2-3-5-26(24)19-29/h2-13H,14-20H2,1H3,(H,28,30). The molecule has 0 aromatic heterocycles. The second-order valence-corrected chi connectivity index (χ2v) is 9.33. The van der Waals surface area contributed by atoms with E-state index in [-0.39, 0.29) is 5.91 Å². The number of nitrogens with zero attached hydrogens (tertiary/aromatic N) is 1. The van der Waals surface area contributed by atoms with Crippen LogP contribution in [-0.4, -0.2) is 29.6 Å². The highest BCUT2D eigenvalue weighted by Gasteiger charge is 2.15. The van der Waals surface area contributed by atoms with Gasteiger partial charge in [0.05, 0.1) is 0 Å². The maximum atomic E-state index is 12.4. The van der Waals surface area contributed by atoms with Gasteiger partial charge in [-0.1, -0.05) is 66.2 Å². The van der Waals surface area contributed by atoms with Crippen LogP contribution in [0, 0.1) is 6.92 Å². The maximum absolute atomic E-state index is 12.4. The Morgan fingerprint density at radius 3 is 2.42 bits per heavy atom. The quantitative estimate of drug-likeness (QED) is 0.498. The second-order valence-electron chi connectivity index (χ2n) is 8.22. The van der Waals surface area contributed by atoms with Gasteiger partial charge in [-0.3, -0.25) is 9.69 Å². The summed E-state index contributed by atoms with van der Waals surface area (Å²) in [5.74, 6) is 1.90. The molecule has 0 saturated carbocycles. The minimum absolute atomic E-state index is 0.00869. The topological polar surface area (TPSA) is 32.3 Å². The molecule has 3 nitrogen and oxygen atoms in total. The minimum atomic E-state index is 0.00869. The van der Waals surface area contributed by atoms with Gasteiger partial charge in [0.25, 0.3) is 5.91 Å². The molecule has 0 bridgehead atoms. The number of amides is 1. The molecule has 160 valence electrons. The van der Waals surface area contributed by atoms with E-state index in [1.165, 1.54) is 27.8 Å². The average Bonchev–Trinajstić information content (AvgIpc) is 2.80. The molecule has 3 aromatic carbocycles. The summed E-state index contributed by atoms with van der Waals surface area (Å²) in [5, 5.41) is 3.04. The zero-order valence-electron chi connectivity index (χ0n) is 18.1. The van der Waals surface area contributed by atoms with Crippen LogP contribution in [-0.2, 0) is 25.3 Å². The number of carbonyl (C=O) groups is 1. The van der Waals surface area contributed by atoms with Crippen LogP contribution in [0.2, 0.25) is 0 Å². The van der Waals surface area contributed by atoms with Gasteiger partial charge in [-0.15, -0.1) is 0 Å². The Hall–Kier alpha value is -2.56. The van der Waals surface area contributed by atoms with E-state index >= 15 is 0 Å². The van der Waals surface area contributed by atoms with Gasteiger partial charge >= 0.3 is 0 Å². The lowest BCUT2D eigenvalue weighted by Gasteiger charge is -2.28. The van der Waals surface area contributed by atoms with E-state index in [2.05, 4.69) is 77.8 Å². The van der Waals surface area contributed by atoms with Crippen LogP contribution < -0.4 is 5.32 Å². The van der Waals surface area contributed by atoms with Crippen molar-refractivity contribution in [2.75, 3.05) is 18.8 Å². The molecule has 4 rings (SSSR count). The molecule has 1 heterocycles. The van der Waals surface area contributed by atoms with Crippen molar-refractivity contribution in [3.05, 3.63) is 106 Å². The molecule has 4 heteroatoms. The van der Waals surface area contributed by atoms with Crippen molar-refractivity contribution in [3.63, 3.8) is 0 Å². The van der Waals surface area contributed by atoms with Gasteiger partial charge in [0, 0.05) is 43.2 Å². The van der Waals surface area contributed by atoms with Crippen molar-refractivity contribution in [3.8, 4) is 0 Å². The Balaban J connectivity index is 1.19. The van der Waals surface area contributed by atoms with E-state index in [4.69, 9.17) is 0 Å². The zero-order valence-corrected chi connectivity index (χ0v) is 19.0. The Labute approximate surface area is 189 Å². The third kappa shape index (κ3) is 6.22. The number of thioether (sulfide) groups is 1. The lowest BCUT2D eigenvalue weighted by molar-refractivity contribution is 0.0956. The highest BCUT2D eigenvalue weighted by molar-refractivity contribution is 7.98. The lowest BCUT2D eigenvalue weighted by atomic mass is 9.99. The van der Waals surface area contributed by atoms with Gasteiger partial charge in [0.2, 0.25) is 0 Å². The maximum Gasteiger partial charge on any atom is 0.251 e. The molecular weight excluding hydrogens is 400 g/mol. The van der Waals surface area contributed by atoms with Crippen LogP contribution in [0.4, 0.5) is 0 Å². The number of hydrogen-bond acceptors (Lipinski definition) is 3. The molecule has 0 saturated heterocycles. The summed E-state index contributed by atoms with van der Waals surface area (Å²) >= 11 is 1.85. The number of rotatable bonds is 8. The third-order valence-corrected chi connectivity index (χ3v) is 6.78. The first kappa shape index (κ1) is 21.7. The van der Waals surface area contributed by atoms with Crippen molar-refractivity contribution in [1.82, 2.24) is 10.2 Å². The van der Waals surface area contributed by atoms with E-state index in [1.54, 1.807) is 0 Å². The molecule has 3 aromatic rings. The Kier molecular flexibility index (Phi) is 7.44. The van der Waals surface area contributed by atoms with Crippen LogP contribution >= 0.6 is 11.8 Å². The summed E-state index contributed by atoms with van der Waals surface area (Å²) in [4.78, 5) is 14.9. The van der Waals surface area contributed by atoms with Crippen molar-refractivity contribution in [2.24, 2.45) is 0 Å². The molecule has 0 aliphatic carbocycles. The summed E-state index contributed by atoms with van der Waals surface area (Å²) < 4.78 is 0. The molecule has 0 fully saturated rings. The largest absolute Gasteiger partial charge is 0.351 e. The van der Waals surface area contributed by atoms with E-state index in [0.717, 1.165) is 43.1 Å². The fourth-order valence-corrected chi connectivity index (χ4v) is 4.74. The molecular formula is C27H30N2OS. The molecule has 0 radical (unpaired) electrons. The van der Waals surface area contributed by atoms with Gasteiger partial charge in [0.15, 0.2) is 0 Å². The number of benzene rings is 3. The third-order valence-electron chi connectivity index (χ3n) is 5.75. The van der Waals surface area contributed by atoms with Crippen molar-refractivity contribution < 1.29 is 4.79 Å². The van der Waals surface area contributed by atoms with E-state index in [9.17, 15) is 4.79 Å². The predicted octanol–water partition coefficient (Wildman–Crippen LogP) is 5.22. The van der Waals surface area contributed by atoms with Gasteiger partial charge in [-0.05, 0) is 47.7 Å². The first-order chi connectivity index (χ1) is 15.2. The lowest BCUT2D eigenvalue weighted by Crippen LogP contribution is -2.30. The summed E-state index contributed by atoms with van der Waals surface area (Å²) in [6, 6.07) is 25.4. The van der Waals surface area contributed by atoms with Crippen molar-refractivity contribution in [1.29, 1.82) is 0 Å². The van der Waals surface area contributed by atoms with Crippen LogP contribution in [0.25, 0.3) is 0 Å². The Morgan fingerprint density at radius 1 is 0.935 bits per heavy atom. The highest BCUT2D eigenvalue weighted by Crippen LogP contribution is 2.20. The second kappa shape index (κ2) is 10.7. The Bertz CT molecular complexity index is 999. The number of hydrogen-bond donors (Lipinski definition) is 1. The molecule has 0 atom stereocenters. The fourth-order valence-electron chi connectivity index (χ4n) is 3.92. The smallest absolute Gasteiger partial charge is 0.251 e. The Morgan fingerprint density at radius 2 is 1.65 bits per heavy atom. The van der Waals surface area contributed by atoms with E-state index in [1.807, 2.05) is 23.9 Å². The zero-order chi connectivity index (χ0) is 21.5. The first-order valence-corrected chi connectivity index (χ1v) is 12.1. The molecule has 1 aliphatic rings. The number of nitrogens with one attached hydrogen (secondary N) is 1. The van der Waals surface area contributed by atoms with Crippen LogP contribution in [0.3, 0.4) is 0 Å². The van der Waals surface area contributed by atoms with Gasteiger partial charge in [0.1, 0.15) is 0 Å². The van der Waals surface area contributed by atoms with Crippen LogP contribution in [0.5, 0.6) is 0 Å². The molecule has 0 unspecified atom stereocenters. The first-order valence-electron chi connectivity index (χ1n) is 11.0. The van der Waals surface area contributed by atoms with Crippen molar-refractivity contribution in [2.45, 2.75) is 32.2 Å². The summed E-state index contributed by atoms with van der Waals surface area (Å²) in [6.07, 6.45) is 1.11. The summed E-state index contributed by atoms with van der Waals surface area (Å²) in [5.41, 5.74) is 7.51.